The molecular formula is C9H19F2NO. The van der Waals surface area contributed by atoms with Gasteiger partial charge in [0.05, 0.1) is 12.1 Å². The van der Waals surface area contributed by atoms with Gasteiger partial charge in [-0.15, -0.1) is 0 Å². The summed E-state index contributed by atoms with van der Waals surface area (Å²) >= 11 is 0. The average Bonchev–Trinajstić information content (AvgIpc) is 2.02. The Morgan fingerprint density at radius 2 is 1.85 bits per heavy atom. The zero-order valence-corrected chi connectivity index (χ0v) is 8.52. The van der Waals surface area contributed by atoms with Gasteiger partial charge in [-0.25, -0.2) is 8.78 Å². The van der Waals surface area contributed by atoms with Crippen LogP contribution in [0.25, 0.3) is 0 Å². The van der Waals surface area contributed by atoms with Crippen LogP contribution in [-0.4, -0.2) is 31.7 Å². The minimum absolute atomic E-state index is 0.215. The fourth-order valence-corrected chi connectivity index (χ4v) is 0.810. The topological polar surface area (TPSA) is 21.3 Å². The van der Waals surface area contributed by atoms with Crippen LogP contribution < -0.4 is 5.32 Å². The largest absolute Gasteiger partial charge is 0.379 e. The van der Waals surface area contributed by atoms with Crippen LogP contribution in [0.2, 0.25) is 0 Å². The lowest BCUT2D eigenvalue weighted by Crippen LogP contribution is -2.33. The van der Waals surface area contributed by atoms with Crippen LogP contribution >= 0.6 is 0 Å². The van der Waals surface area contributed by atoms with Crippen LogP contribution in [-0.2, 0) is 4.74 Å². The Hall–Kier alpha value is -0.220. The maximum Gasteiger partial charge on any atom is 0.253 e. The molecule has 2 nitrogen and oxygen atoms in total. The molecule has 1 unspecified atom stereocenters. The first-order chi connectivity index (χ1) is 6.04. The number of rotatable bonds is 7. The minimum Gasteiger partial charge on any atom is -0.379 e. The third kappa shape index (κ3) is 8.12. The molecule has 0 heterocycles. The van der Waals surface area contributed by atoms with Crippen molar-refractivity contribution in [1.29, 1.82) is 0 Å². The summed E-state index contributed by atoms with van der Waals surface area (Å²) in [4.78, 5) is 0. The third-order valence-electron chi connectivity index (χ3n) is 1.62. The molecule has 0 aromatic heterocycles. The molecule has 0 spiro atoms. The van der Waals surface area contributed by atoms with Gasteiger partial charge in [0.15, 0.2) is 0 Å². The first-order valence-corrected chi connectivity index (χ1v) is 4.67. The van der Waals surface area contributed by atoms with Crippen LogP contribution in [0.1, 0.15) is 27.2 Å². The summed E-state index contributed by atoms with van der Waals surface area (Å²) in [7, 11) is 0. The number of nitrogens with one attached hydrogen (secondary N) is 1. The second-order valence-corrected chi connectivity index (χ2v) is 3.35. The van der Waals surface area contributed by atoms with E-state index in [9.17, 15) is 8.78 Å². The Kier molecular flexibility index (Phi) is 7.09. The molecule has 0 aromatic rings. The summed E-state index contributed by atoms with van der Waals surface area (Å²) in [5.74, 6) is 0. The number of halogens is 2. The fraction of sp³-hybridized carbons (Fsp3) is 1.00. The lowest BCUT2D eigenvalue weighted by Gasteiger charge is -2.12. The van der Waals surface area contributed by atoms with Gasteiger partial charge < -0.3 is 10.1 Å². The van der Waals surface area contributed by atoms with Gasteiger partial charge in [0, 0.05) is 6.61 Å². The van der Waals surface area contributed by atoms with Gasteiger partial charge in [-0.2, -0.15) is 0 Å². The van der Waals surface area contributed by atoms with E-state index in [0.29, 0.717) is 13.2 Å². The van der Waals surface area contributed by atoms with Gasteiger partial charge in [-0.05, 0) is 33.7 Å². The van der Waals surface area contributed by atoms with E-state index in [-0.39, 0.29) is 6.10 Å². The van der Waals surface area contributed by atoms with Crippen molar-refractivity contribution in [3.63, 3.8) is 0 Å². The molecule has 0 radical (unpaired) electrons. The van der Waals surface area contributed by atoms with E-state index >= 15 is 0 Å². The summed E-state index contributed by atoms with van der Waals surface area (Å²) in [6.07, 6.45) is -1.30. The Morgan fingerprint density at radius 3 is 2.31 bits per heavy atom. The van der Waals surface area contributed by atoms with Crippen LogP contribution in [0, 0.1) is 0 Å². The van der Waals surface area contributed by atoms with Gasteiger partial charge >= 0.3 is 0 Å². The van der Waals surface area contributed by atoms with Gasteiger partial charge in [-0.3, -0.25) is 0 Å². The third-order valence-corrected chi connectivity index (χ3v) is 1.62. The minimum atomic E-state index is -2.29. The molecule has 1 N–H and O–H groups in total. The monoisotopic (exact) mass is 195 g/mol. The molecule has 80 valence electrons. The van der Waals surface area contributed by atoms with E-state index < -0.39 is 12.5 Å². The zero-order chi connectivity index (χ0) is 10.3. The van der Waals surface area contributed by atoms with Crippen molar-refractivity contribution in [1.82, 2.24) is 5.32 Å². The lowest BCUT2D eigenvalue weighted by atomic mass is 10.3. The highest BCUT2D eigenvalue weighted by Crippen LogP contribution is 1.99. The lowest BCUT2D eigenvalue weighted by molar-refractivity contribution is 0.0724. The highest BCUT2D eigenvalue weighted by atomic mass is 19.3. The molecule has 0 aromatic carbocycles. The molecule has 1 atom stereocenters. The Labute approximate surface area is 78.7 Å². The predicted molar refractivity (Wildman–Crippen MR) is 49.2 cm³/mol. The van der Waals surface area contributed by atoms with Gasteiger partial charge in [0.2, 0.25) is 0 Å². The summed E-state index contributed by atoms with van der Waals surface area (Å²) < 4.78 is 29.2. The molecular weight excluding hydrogens is 176 g/mol. The van der Waals surface area contributed by atoms with Gasteiger partial charge in [0.25, 0.3) is 6.43 Å². The standard InChI is InChI=1S/C9H19F2NO/c1-7(2)13-6-4-5-12-8(3)9(10)11/h7-9,12H,4-6H2,1-3H3. The number of alkyl halides is 2. The predicted octanol–water partition coefficient (Wildman–Crippen LogP) is 2.04. The Morgan fingerprint density at radius 1 is 1.23 bits per heavy atom. The van der Waals surface area contributed by atoms with Crippen LogP contribution in [0.15, 0.2) is 0 Å². The molecule has 0 aliphatic carbocycles. The maximum absolute atomic E-state index is 12.0. The highest BCUT2D eigenvalue weighted by molar-refractivity contribution is 4.61. The van der Waals surface area contributed by atoms with E-state index in [2.05, 4.69) is 5.32 Å². The van der Waals surface area contributed by atoms with Crippen molar-refractivity contribution in [2.45, 2.75) is 45.8 Å². The molecule has 13 heavy (non-hydrogen) atoms. The zero-order valence-electron chi connectivity index (χ0n) is 8.52. The summed E-state index contributed by atoms with van der Waals surface area (Å²) in [5, 5.41) is 2.73. The SMILES string of the molecule is CC(C)OCCCNC(C)C(F)F. The molecule has 0 aliphatic heterocycles. The van der Waals surface area contributed by atoms with Crippen molar-refractivity contribution in [2.75, 3.05) is 13.2 Å². The fourth-order valence-electron chi connectivity index (χ4n) is 0.810. The van der Waals surface area contributed by atoms with Crippen molar-refractivity contribution < 1.29 is 13.5 Å². The summed E-state index contributed by atoms with van der Waals surface area (Å²) in [6.45, 7) is 6.59. The van der Waals surface area contributed by atoms with E-state index in [0.717, 1.165) is 6.42 Å². The van der Waals surface area contributed by atoms with Crippen molar-refractivity contribution >= 4 is 0 Å². The number of hydrogen-bond donors (Lipinski definition) is 1. The van der Waals surface area contributed by atoms with E-state index in [1.165, 1.54) is 6.92 Å². The van der Waals surface area contributed by atoms with E-state index in [4.69, 9.17) is 4.74 Å². The van der Waals surface area contributed by atoms with Gasteiger partial charge in [0.1, 0.15) is 0 Å². The number of ether oxygens (including phenoxy) is 1. The molecule has 0 aliphatic rings. The summed E-state index contributed by atoms with van der Waals surface area (Å²) in [5.41, 5.74) is 0. The normalized spacial score (nSPS) is 14.1. The molecule has 0 saturated carbocycles. The molecule has 0 bridgehead atoms. The second kappa shape index (κ2) is 7.21. The molecule has 0 amide bonds. The second-order valence-electron chi connectivity index (χ2n) is 3.35. The van der Waals surface area contributed by atoms with Crippen LogP contribution in [0.4, 0.5) is 8.78 Å². The van der Waals surface area contributed by atoms with Crippen LogP contribution in [0.5, 0.6) is 0 Å². The van der Waals surface area contributed by atoms with E-state index in [1.807, 2.05) is 13.8 Å². The molecule has 0 rings (SSSR count). The first-order valence-electron chi connectivity index (χ1n) is 4.67. The van der Waals surface area contributed by atoms with Crippen LogP contribution in [0.3, 0.4) is 0 Å². The Bertz CT molecular complexity index is 120. The van der Waals surface area contributed by atoms with Crippen molar-refractivity contribution in [3.8, 4) is 0 Å². The number of hydrogen-bond acceptors (Lipinski definition) is 2. The molecule has 0 fully saturated rings. The molecule has 4 heteroatoms. The van der Waals surface area contributed by atoms with Crippen molar-refractivity contribution in [2.24, 2.45) is 0 Å². The Balaban J connectivity index is 3.16. The summed E-state index contributed by atoms with van der Waals surface area (Å²) in [6, 6.07) is -0.723. The highest BCUT2D eigenvalue weighted by Gasteiger charge is 2.12. The first kappa shape index (κ1) is 12.8. The van der Waals surface area contributed by atoms with Crippen molar-refractivity contribution in [3.05, 3.63) is 0 Å². The maximum atomic E-state index is 12.0. The van der Waals surface area contributed by atoms with E-state index in [1.54, 1.807) is 0 Å². The smallest absolute Gasteiger partial charge is 0.253 e. The quantitative estimate of drug-likeness (QED) is 0.628. The molecule has 0 saturated heterocycles. The van der Waals surface area contributed by atoms with Gasteiger partial charge in [-0.1, -0.05) is 0 Å². The average molecular weight is 195 g/mol.